The summed E-state index contributed by atoms with van der Waals surface area (Å²) in [7, 11) is 1.77. The van der Waals surface area contributed by atoms with Crippen molar-refractivity contribution in [3.05, 3.63) is 23.8 Å². The van der Waals surface area contributed by atoms with Crippen LogP contribution in [0.2, 0.25) is 0 Å². The van der Waals surface area contributed by atoms with E-state index in [1.54, 1.807) is 11.9 Å². The molecule has 1 unspecified atom stereocenters. The van der Waals surface area contributed by atoms with Gasteiger partial charge in [0, 0.05) is 31.6 Å². The Bertz CT molecular complexity index is 569. The lowest BCUT2D eigenvalue weighted by molar-refractivity contribution is -0.137. The van der Waals surface area contributed by atoms with Crippen molar-refractivity contribution in [3.8, 4) is 5.75 Å². The molecule has 0 aliphatic carbocycles. The number of ether oxygens (including phenoxy) is 1. The molecule has 22 heavy (non-hydrogen) atoms. The van der Waals surface area contributed by atoms with Gasteiger partial charge in [-0.15, -0.1) is 0 Å². The molecule has 1 aromatic rings. The summed E-state index contributed by atoms with van der Waals surface area (Å²) < 4.78 is 5.68. The van der Waals surface area contributed by atoms with Crippen LogP contribution in [0, 0.1) is 12.8 Å². The van der Waals surface area contributed by atoms with E-state index in [1.165, 1.54) is 0 Å². The minimum atomic E-state index is -0.240. The van der Waals surface area contributed by atoms with Crippen LogP contribution in [-0.4, -0.2) is 36.4 Å². The highest BCUT2D eigenvalue weighted by Gasteiger charge is 2.28. The van der Waals surface area contributed by atoms with E-state index >= 15 is 0 Å². The molecule has 1 aliphatic heterocycles. The molecule has 1 fully saturated rings. The Kier molecular flexibility index (Phi) is 5.06. The van der Waals surface area contributed by atoms with Gasteiger partial charge in [-0.2, -0.15) is 0 Å². The highest BCUT2D eigenvalue weighted by atomic mass is 16.5. The predicted octanol–water partition coefficient (Wildman–Crippen LogP) is 2.59. The largest absolute Gasteiger partial charge is 0.491 e. The molecule has 0 saturated carbocycles. The van der Waals surface area contributed by atoms with E-state index in [-0.39, 0.29) is 30.3 Å². The topological polar surface area (TPSA) is 58.6 Å². The van der Waals surface area contributed by atoms with Crippen molar-refractivity contribution in [2.24, 2.45) is 5.92 Å². The maximum atomic E-state index is 12.3. The summed E-state index contributed by atoms with van der Waals surface area (Å²) in [5, 5.41) is 2.90. The van der Waals surface area contributed by atoms with Crippen molar-refractivity contribution in [2.45, 2.75) is 39.7 Å². The quantitative estimate of drug-likeness (QED) is 0.930. The van der Waals surface area contributed by atoms with Crippen molar-refractivity contribution < 1.29 is 14.3 Å². The van der Waals surface area contributed by atoms with Crippen LogP contribution >= 0.6 is 0 Å². The minimum absolute atomic E-state index is 0.0308. The average Bonchev–Trinajstić information content (AvgIpc) is 2.44. The first-order chi connectivity index (χ1) is 10.4. The normalized spacial score (nSPS) is 18.5. The maximum absolute atomic E-state index is 12.3. The lowest BCUT2D eigenvalue weighted by Gasteiger charge is -2.28. The Hall–Kier alpha value is -2.04. The van der Waals surface area contributed by atoms with Gasteiger partial charge in [0.2, 0.25) is 11.8 Å². The number of likely N-dealkylation sites (tertiary alicyclic amines) is 1. The Morgan fingerprint density at radius 3 is 2.73 bits per heavy atom. The maximum Gasteiger partial charge on any atom is 0.228 e. The van der Waals surface area contributed by atoms with Gasteiger partial charge < -0.3 is 15.0 Å². The van der Waals surface area contributed by atoms with Gasteiger partial charge in [0.25, 0.3) is 0 Å². The van der Waals surface area contributed by atoms with E-state index in [2.05, 4.69) is 5.32 Å². The van der Waals surface area contributed by atoms with Gasteiger partial charge >= 0.3 is 0 Å². The first kappa shape index (κ1) is 16.3. The van der Waals surface area contributed by atoms with Crippen molar-refractivity contribution in [3.63, 3.8) is 0 Å². The number of hydrogen-bond donors (Lipinski definition) is 1. The van der Waals surface area contributed by atoms with Crippen LogP contribution in [-0.2, 0) is 9.59 Å². The van der Waals surface area contributed by atoms with Crippen LogP contribution in [0.3, 0.4) is 0 Å². The summed E-state index contributed by atoms with van der Waals surface area (Å²) in [6.07, 6.45) is 1.11. The number of carbonyl (C=O) groups excluding carboxylic acids is 2. The van der Waals surface area contributed by atoms with Gasteiger partial charge in [-0.25, -0.2) is 0 Å². The third-order valence-corrected chi connectivity index (χ3v) is 3.84. The number of aryl methyl sites for hydroxylation is 1. The molecule has 0 aromatic heterocycles. The first-order valence-corrected chi connectivity index (χ1v) is 7.69. The SMILES string of the molecule is Cc1cc(NC(=O)C2CCN(C)C(=O)C2)ccc1OC(C)C. The van der Waals surface area contributed by atoms with Crippen molar-refractivity contribution in [1.82, 2.24) is 4.90 Å². The van der Waals surface area contributed by atoms with E-state index in [9.17, 15) is 9.59 Å². The van der Waals surface area contributed by atoms with Gasteiger partial charge in [0.15, 0.2) is 0 Å². The van der Waals surface area contributed by atoms with Crippen LogP contribution in [0.1, 0.15) is 32.3 Å². The van der Waals surface area contributed by atoms with Gasteiger partial charge in [0.1, 0.15) is 5.75 Å². The average molecular weight is 304 g/mol. The molecule has 1 saturated heterocycles. The summed E-state index contributed by atoms with van der Waals surface area (Å²) in [5.41, 5.74) is 1.72. The second kappa shape index (κ2) is 6.81. The van der Waals surface area contributed by atoms with Crippen molar-refractivity contribution in [1.29, 1.82) is 0 Å². The van der Waals surface area contributed by atoms with Gasteiger partial charge in [0.05, 0.1) is 6.10 Å². The van der Waals surface area contributed by atoms with Crippen LogP contribution in [0.5, 0.6) is 5.75 Å². The summed E-state index contributed by atoms with van der Waals surface area (Å²) in [6, 6.07) is 5.59. The highest BCUT2D eigenvalue weighted by molar-refractivity contribution is 5.95. The van der Waals surface area contributed by atoms with Gasteiger partial charge in [-0.05, 0) is 51.0 Å². The zero-order chi connectivity index (χ0) is 16.3. The van der Waals surface area contributed by atoms with E-state index in [4.69, 9.17) is 4.74 Å². The van der Waals surface area contributed by atoms with Gasteiger partial charge in [-0.3, -0.25) is 9.59 Å². The Balaban J connectivity index is 2.00. The third-order valence-electron chi connectivity index (χ3n) is 3.84. The summed E-state index contributed by atoms with van der Waals surface area (Å²) in [4.78, 5) is 25.6. The number of anilines is 1. The summed E-state index contributed by atoms with van der Waals surface area (Å²) in [6.45, 7) is 6.54. The predicted molar refractivity (Wildman–Crippen MR) is 85.9 cm³/mol. The molecule has 0 bridgehead atoms. The van der Waals surface area contributed by atoms with E-state index < -0.39 is 0 Å². The molecule has 120 valence electrons. The number of amides is 2. The highest BCUT2D eigenvalue weighted by Crippen LogP contribution is 2.24. The number of nitrogens with one attached hydrogen (secondary N) is 1. The van der Waals surface area contributed by atoms with E-state index in [1.807, 2.05) is 39.0 Å². The Labute approximate surface area is 131 Å². The standard InChI is InChI=1S/C17H24N2O3/c1-11(2)22-15-6-5-14(9-12(15)3)18-17(21)13-7-8-19(4)16(20)10-13/h5-6,9,11,13H,7-8,10H2,1-4H3,(H,18,21). The molecule has 5 heteroatoms. The molecule has 1 heterocycles. The fourth-order valence-corrected chi connectivity index (χ4v) is 2.52. The zero-order valence-corrected chi connectivity index (χ0v) is 13.7. The molecule has 1 atom stereocenters. The molecule has 2 amide bonds. The number of nitrogens with zero attached hydrogens (tertiary/aromatic N) is 1. The molecule has 1 aliphatic rings. The van der Waals surface area contributed by atoms with E-state index in [0.717, 1.165) is 17.0 Å². The van der Waals surface area contributed by atoms with Crippen LogP contribution in [0.15, 0.2) is 18.2 Å². The first-order valence-electron chi connectivity index (χ1n) is 7.69. The lowest BCUT2D eigenvalue weighted by atomic mass is 9.95. The number of rotatable bonds is 4. The number of carbonyl (C=O) groups is 2. The van der Waals surface area contributed by atoms with E-state index in [0.29, 0.717) is 13.0 Å². The smallest absolute Gasteiger partial charge is 0.228 e. The molecule has 2 rings (SSSR count). The third kappa shape index (κ3) is 4.00. The van der Waals surface area contributed by atoms with Crippen LogP contribution < -0.4 is 10.1 Å². The molecular formula is C17H24N2O3. The molecule has 5 nitrogen and oxygen atoms in total. The number of piperidine rings is 1. The monoisotopic (exact) mass is 304 g/mol. The van der Waals surface area contributed by atoms with Crippen molar-refractivity contribution in [2.75, 3.05) is 18.9 Å². The van der Waals surface area contributed by atoms with Crippen molar-refractivity contribution >= 4 is 17.5 Å². The number of hydrogen-bond acceptors (Lipinski definition) is 3. The second-order valence-electron chi connectivity index (χ2n) is 6.14. The lowest BCUT2D eigenvalue weighted by Crippen LogP contribution is -2.39. The second-order valence-corrected chi connectivity index (χ2v) is 6.14. The summed E-state index contributed by atoms with van der Waals surface area (Å²) >= 11 is 0. The Morgan fingerprint density at radius 2 is 2.14 bits per heavy atom. The molecule has 0 radical (unpaired) electrons. The summed E-state index contributed by atoms with van der Waals surface area (Å²) in [5.74, 6) is 0.528. The molecular weight excluding hydrogens is 280 g/mol. The van der Waals surface area contributed by atoms with Crippen LogP contribution in [0.4, 0.5) is 5.69 Å². The van der Waals surface area contributed by atoms with Crippen LogP contribution in [0.25, 0.3) is 0 Å². The minimum Gasteiger partial charge on any atom is -0.491 e. The fraction of sp³-hybridized carbons (Fsp3) is 0.529. The zero-order valence-electron chi connectivity index (χ0n) is 13.7. The fourth-order valence-electron chi connectivity index (χ4n) is 2.52. The molecule has 1 N–H and O–H groups in total. The Morgan fingerprint density at radius 1 is 1.41 bits per heavy atom. The molecule has 1 aromatic carbocycles. The number of benzene rings is 1. The molecule has 0 spiro atoms. The van der Waals surface area contributed by atoms with Gasteiger partial charge in [-0.1, -0.05) is 0 Å².